The van der Waals surface area contributed by atoms with E-state index in [-0.39, 0.29) is 5.78 Å². The van der Waals surface area contributed by atoms with Crippen molar-refractivity contribution in [3.05, 3.63) is 119 Å². The van der Waals surface area contributed by atoms with Gasteiger partial charge in [0.05, 0.1) is 25.0 Å². The van der Waals surface area contributed by atoms with Gasteiger partial charge < -0.3 is 18.9 Å². The van der Waals surface area contributed by atoms with E-state index in [0.717, 1.165) is 22.3 Å². The van der Waals surface area contributed by atoms with Gasteiger partial charge in [0, 0.05) is 33.9 Å². The highest BCUT2D eigenvalue weighted by molar-refractivity contribution is 9.09. The third kappa shape index (κ3) is 8.39. The van der Waals surface area contributed by atoms with E-state index in [1.54, 1.807) is 0 Å². The monoisotopic (exact) mass is 694 g/mol. The van der Waals surface area contributed by atoms with Crippen LogP contribution in [0.5, 0.6) is 23.0 Å². The lowest BCUT2D eigenvalue weighted by Gasteiger charge is -2.25. The predicted octanol–water partition coefficient (Wildman–Crippen LogP) is 8.87. The van der Waals surface area contributed by atoms with Crippen molar-refractivity contribution in [3.63, 3.8) is 0 Å². The Morgan fingerprint density at radius 2 is 1.00 bits per heavy atom. The van der Waals surface area contributed by atoms with Crippen molar-refractivity contribution < 1.29 is 23.7 Å². The molecule has 0 saturated carbocycles. The number of alkyl halides is 2. The number of hydrogen-bond acceptors (Lipinski definition) is 5. The van der Waals surface area contributed by atoms with Gasteiger partial charge in [-0.05, 0) is 37.1 Å². The summed E-state index contributed by atoms with van der Waals surface area (Å²) in [6, 6.07) is 31.4. The summed E-state index contributed by atoms with van der Waals surface area (Å²) in [7, 11) is 0. The Morgan fingerprint density at radius 1 is 0.595 bits per heavy atom. The maximum Gasteiger partial charge on any atom is 0.149 e. The molecule has 0 fully saturated rings. The Bertz CT molecular complexity index is 1300. The van der Waals surface area contributed by atoms with Crippen molar-refractivity contribution in [1.82, 2.24) is 0 Å². The molecule has 0 saturated heterocycles. The molecule has 2 unspecified atom stereocenters. The summed E-state index contributed by atoms with van der Waals surface area (Å²) in [6.07, 6.45) is 0. The van der Waals surface area contributed by atoms with E-state index in [9.17, 15) is 4.79 Å². The summed E-state index contributed by atoms with van der Waals surface area (Å²) in [5, 5.41) is 0.866. The minimum Gasteiger partial charge on any atom is -0.494 e. The first-order valence-electron chi connectivity index (χ1n) is 14.1. The second-order valence-electron chi connectivity index (χ2n) is 9.63. The van der Waals surface area contributed by atoms with E-state index >= 15 is 0 Å². The zero-order valence-electron chi connectivity index (χ0n) is 23.9. The van der Waals surface area contributed by atoms with Gasteiger partial charge in [0.25, 0.3) is 0 Å². The van der Waals surface area contributed by atoms with Gasteiger partial charge in [0.1, 0.15) is 42.0 Å². The van der Waals surface area contributed by atoms with E-state index in [2.05, 4.69) is 31.9 Å². The van der Waals surface area contributed by atoms with Crippen molar-refractivity contribution in [1.29, 1.82) is 0 Å². The lowest BCUT2D eigenvalue weighted by Crippen LogP contribution is -2.24. The van der Waals surface area contributed by atoms with E-state index in [1.165, 1.54) is 0 Å². The molecule has 0 radical (unpaired) electrons. The average Bonchev–Trinajstić information content (AvgIpc) is 3.02. The molecule has 4 aromatic carbocycles. The Morgan fingerprint density at radius 3 is 1.36 bits per heavy atom. The van der Waals surface area contributed by atoms with Gasteiger partial charge in [0.15, 0.2) is 0 Å². The van der Waals surface area contributed by atoms with Crippen LogP contribution in [0.1, 0.15) is 47.9 Å². The molecule has 0 bridgehead atoms. The number of ketones is 1. The minimum absolute atomic E-state index is 0.0474. The van der Waals surface area contributed by atoms with Crippen LogP contribution in [0.2, 0.25) is 0 Å². The molecular formula is C35H36Br2O5. The van der Waals surface area contributed by atoms with Crippen molar-refractivity contribution >= 4 is 37.6 Å². The molecule has 0 aromatic heterocycles. The summed E-state index contributed by atoms with van der Waals surface area (Å²) >= 11 is 7.28. The van der Waals surface area contributed by atoms with Crippen LogP contribution >= 0.6 is 31.9 Å². The first-order chi connectivity index (χ1) is 20.6. The van der Waals surface area contributed by atoms with Crippen molar-refractivity contribution in [2.75, 3.05) is 23.9 Å². The summed E-state index contributed by atoms with van der Waals surface area (Å²) in [6.45, 7) is 5.72. The SMILES string of the molecule is CCOc1ccc(C(CBr)C(=O)C(CBr)c2ccc(OCC)cc2OCc2ccccc2)c(OCc2ccccc2)c1. The number of carbonyl (C=O) groups is 1. The maximum absolute atomic E-state index is 14.3. The molecule has 0 N–H and O–H groups in total. The van der Waals surface area contributed by atoms with E-state index in [0.29, 0.717) is 60.1 Å². The highest BCUT2D eigenvalue weighted by atomic mass is 79.9. The molecule has 0 aliphatic carbocycles. The number of carbonyl (C=O) groups excluding carboxylic acids is 1. The molecule has 0 amide bonds. The molecule has 0 spiro atoms. The Balaban J connectivity index is 1.66. The summed E-state index contributed by atoms with van der Waals surface area (Å²) in [5.74, 6) is 1.76. The quantitative estimate of drug-likeness (QED) is 0.110. The van der Waals surface area contributed by atoms with Gasteiger partial charge in [-0.2, -0.15) is 0 Å². The van der Waals surface area contributed by atoms with Crippen molar-refractivity contribution in [3.8, 4) is 23.0 Å². The van der Waals surface area contributed by atoms with Gasteiger partial charge in [0.2, 0.25) is 0 Å². The molecule has 220 valence electrons. The largest absolute Gasteiger partial charge is 0.494 e. The zero-order valence-corrected chi connectivity index (χ0v) is 27.1. The number of rotatable bonds is 16. The van der Waals surface area contributed by atoms with E-state index in [4.69, 9.17) is 18.9 Å². The Labute approximate surface area is 265 Å². The first-order valence-corrected chi connectivity index (χ1v) is 16.3. The number of hydrogen-bond donors (Lipinski definition) is 0. The Hall–Kier alpha value is -3.29. The summed E-state index contributed by atoms with van der Waals surface area (Å²) < 4.78 is 24.1. The molecule has 2 atom stereocenters. The standard InChI is InChI=1S/C35H36Br2O5/c1-3-39-27-15-17-29(33(19-27)41-23-25-11-7-5-8-12-25)31(21-36)35(38)32(22-37)30-18-16-28(40-4-2)20-34(30)42-24-26-13-9-6-10-14-26/h5-20,31-32H,3-4,21-24H2,1-2H3. The molecule has 42 heavy (non-hydrogen) atoms. The van der Waals surface area contributed by atoms with Crippen LogP contribution in [0, 0.1) is 0 Å². The van der Waals surface area contributed by atoms with Crippen LogP contribution in [0.25, 0.3) is 0 Å². The smallest absolute Gasteiger partial charge is 0.149 e. The van der Waals surface area contributed by atoms with Gasteiger partial charge in [-0.15, -0.1) is 0 Å². The minimum atomic E-state index is -0.470. The average molecular weight is 696 g/mol. The number of halogens is 2. The highest BCUT2D eigenvalue weighted by Crippen LogP contribution is 2.40. The summed E-state index contributed by atoms with van der Waals surface area (Å²) in [4.78, 5) is 14.3. The number of Topliss-reactive ketones (excluding diaryl/α,β-unsaturated/α-hetero) is 1. The zero-order chi connectivity index (χ0) is 29.7. The van der Waals surface area contributed by atoms with Gasteiger partial charge in [-0.3, -0.25) is 4.79 Å². The lowest BCUT2D eigenvalue weighted by atomic mass is 9.85. The van der Waals surface area contributed by atoms with Crippen molar-refractivity contribution in [2.24, 2.45) is 0 Å². The number of ether oxygens (including phenoxy) is 4. The maximum atomic E-state index is 14.3. The topological polar surface area (TPSA) is 54.0 Å². The van der Waals surface area contributed by atoms with Crippen LogP contribution in [0.3, 0.4) is 0 Å². The van der Waals surface area contributed by atoms with E-state index < -0.39 is 11.8 Å². The third-order valence-electron chi connectivity index (χ3n) is 6.81. The van der Waals surface area contributed by atoms with Crippen LogP contribution in [0.4, 0.5) is 0 Å². The van der Waals surface area contributed by atoms with Crippen LogP contribution in [0.15, 0.2) is 97.1 Å². The van der Waals surface area contributed by atoms with Gasteiger partial charge in [-0.1, -0.05) is 105 Å². The fraction of sp³-hybridized carbons (Fsp3) is 0.286. The second kappa shape index (κ2) is 16.4. The molecule has 0 aliphatic heterocycles. The predicted molar refractivity (Wildman–Crippen MR) is 175 cm³/mol. The van der Waals surface area contributed by atoms with Crippen LogP contribution in [-0.2, 0) is 18.0 Å². The van der Waals surface area contributed by atoms with Crippen LogP contribution in [-0.4, -0.2) is 29.7 Å². The number of benzene rings is 4. The molecule has 0 heterocycles. The molecule has 0 aliphatic rings. The first kappa shape index (κ1) is 31.6. The Kier molecular flexibility index (Phi) is 12.3. The van der Waals surface area contributed by atoms with Gasteiger partial charge >= 0.3 is 0 Å². The van der Waals surface area contributed by atoms with Crippen LogP contribution < -0.4 is 18.9 Å². The van der Waals surface area contributed by atoms with Gasteiger partial charge in [-0.25, -0.2) is 0 Å². The molecule has 4 rings (SSSR count). The fourth-order valence-corrected chi connectivity index (χ4v) is 6.04. The van der Waals surface area contributed by atoms with Crippen molar-refractivity contribution in [2.45, 2.75) is 38.9 Å². The van der Waals surface area contributed by atoms with E-state index in [1.807, 2.05) is 111 Å². The molecule has 7 heteroatoms. The third-order valence-corrected chi connectivity index (χ3v) is 8.11. The fourth-order valence-electron chi connectivity index (χ4n) is 4.71. The molecule has 4 aromatic rings. The lowest BCUT2D eigenvalue weighted by molar-refractivity contribution is -0.121. The molecular weight excluding hydrogens is 660 g/mol. The normalized spacial score (nSPS) is 12.3. The summed E-state index contributed by atoms with van der Waals surface area (Å²) in [5.41, 5.74) is 3.69. The molecule has 5 nitrogen and oxygen atoms in total. The second-order valence-corrected chi connectivity index (χ2v) is 10.9. The highest BCUT2D eigenvalue weighted by Gasteiger charge is 2.32.